The fraction of sp³-hybridized carbons (Fsp3) is 0.562. The zero-order valence-electron chi connectivity index (χ0n) is 11.9. The van der Waals surface area contributed by atoms with Crippen LogP contribution in [-0.4, -0.2) is 11.9 Å². The third kappa shape index (κ3) is 6.11. The highest BCUT2D eigenvalue weighted by molar-refractivity contribution is 6.30. The lowest BCUT2D eigenvalue weighted by Gasteiger charge is -2.16. The van der Waals surface area contributed by atoms with Gasteiger partial charge in [0.05, 0.1) is 0 Å². The number of benzene rings is 1. The molecular formula is C16H24ClNO. The number of hydrogen-bond donors (Lipinski definition) is 1. The molecule has 0 spiro atoms. The number of unbranched alkanes of at least 4 members (excludes halogenated alkanes) is 3. The second-order valence-corrected chi connectivity index (χ2v) is 5.47. The van der Waals surface area contributed by atoms with E-state index in [4.69, 9.17) is 11.6 Å². The number of carbonyl (C=O) groups is 1. The molecule has 0 fully saturated rings. The minimum absolute atomic E-state index is 0.101. The Bertz CT molecular complexity index is 366. The fourth-order valence-electron chi connectivity index (χ4n) is 2.04. The number of nitrogens with one attached hydrogen (secondary N) is 1. The van der Waals surface area contributed by atoms with Gasteiger partial charge in [-0.25, -0.2) is 0 Å². The average molecular weight is 282 g/mol. The molecule has 3 heteroatoms. The fourth-order valence-corrected chi connectivity index (χ4v) is 2.25. The normalized spacial score (nSPS) is 13.8. The van der Waals surface area contributed by atoms with Gasteiger partial charge >= 0.3 is 0 Å². The molecule has 1 aromatic carbocycles. The van der Waals surface area contributed by atoms with Crippen LogP contribution in [0.15, 0.2) is 30.3 Å². The first-order valence-corrected chi connectivity index (χ1v) is 7.58. The highest BCUT2D eigenvalue weighted by atomic mass is 35.5. The first-order chi connectivity index (χ1) is 9.15. The van der Waals surface area contributed by atoms with Crippen molar-refractivity contribution in [3.05, 3.63) is 35.9 Å². The van der Waals surface area contributed by atoms with Crippen LogP contribution in [0.4, 0.5) is 0 Å². The van der Waals surface area contributed by atoms with E-state index in [1.807, 2.05) is 37.3 Å². The molecule has 0 heterocycles. The van der Waals surface area contributed by atoms with Crippen molar-refractivity contribution < 1.29 is 4.79 Å². The Kier molecular flexibility index (Phi) is 7.57. The van der Waals surface area contributed by atoms with Gasteiger partial charge in [-0.1, -0.05) is 62.9 Å². The second kappa shape index (κ2) is 8.98. The van der Waals surface area contributed by atoms with Gasteiger partial charge in [-0.2, -0.15) is 0 Å². The molecule has 106 valence electrons. The van der Waals surface area contributed by atoms with Crippen LogP contribution in [0.3, 0.4) is 0 Å². The summed E-state index contributed by atoms with van der Waals surface area (Å²) < 4.78 is 0. The highest BCUT2D eigenvalue weighted by Gasteiger charge is 2.18. The first kappa shape index (κ1) is 16.0. The van der Waals surface area contributed by atoms with Crippen molar-refractivity contribution >= 4 is 17.5 Å². The Hall–Kier alpha value is -1.02. The molecule has 0 aliphatic heterocycles. The lowest BCUT2D eigenvalue weighted by molar-refractivity contribution is -0.121. The van der Waals surface area contributed by atoms with Gasteiger partial charge in [0.25, 0.3) is 0 Å². The van der Waals surface area contributed by atoms with Gasteiger partial charge in [-0.3, -0.25) is 4.79 Å². The third-order valence-electron chi connectivity index (χ3n) is 3.20. The van der Waals surface area contributed by atoms with Crippen molar-refractivity contribution in [2.45, 2.75) is 57.4 Å². The summed E-state index contributed by atoms with van der Waals surface area (Å²) in [5, 5.41) is 2.39. The van der Waals surface area contributed by atoms with Crippen molar-refractivity contribution in [1.29, 1.82) is 0 Å². The van der Waals surface area contributed by atoms with Crippen LogP contribution in [0.25, 0.3) is 0 Å². The van der Waals surface area contributed by atoms with E-state index >= 15 is 0 Å². The van der Waals surface area contributed by atoms with Crippen molar-refractivity contribution in [2.75, 3.05) is 0 Å². The number of rotatable bonds is 8. The monoisotopic (exact) mass is 281 g/mol. The van der Waals surface area contributed by atoms with E-state index in [-0.39, 0.29) is 11.9 Å². The molecule has 0 saturated heterocycles. The molecule has 0 aliphatic carbocycles. The molecule has 0 radical (unpaired) electrons. The SMILES string of the molecule is CCCCCCC(C)NC(=O)C(Cl)c1ccccc1. The number of alkyl halides is 1. The largest absolute Gasteiger partial charge is 0.352 e. The summed E-state index contributed by atoms with van der Waals surface area (Å²) in [4.78, 5) is 12.0. The van der Waals surface area contributed by atoms with E-state index in [0.29, 0.717) is 0 Å². The van der Waals surface area contributed by atoms with E-state index < -0.39 is 5.38 Å². The van der Waals surface area contributed by atoms with Gasteiger partial charge < -0.3 is 5.32 Å². The summed E-state index contributed by atoms with van der Waals surface area (Å²) >= 11 is 6.17. The number of carbonyl (C=O) groups excluding carboxylic acids is 1. The summed E-state index contributed by atoms with van der Waals surface area (Å²) in [5.74, 6) is -0.101. The number of hydrogen-bond acceptors (Lipinski definition) is 1. The summed E-state index contributed by atoms with van der Waals surface area (Å²) in [6.45, 7) is 4.24. The lowest BCUT2D eigenvalue weighted by atomic mass is 10.1. The van der Waals surface area contributed by atoms with E-state index in [9.17, 15) is 4.79 Å². The highest BCUT2D eigenvalue weighted by Crippen LogP contribution is 2.20. The molecule has 19 heavy (non-hydrogen) atoms. The van der Waals surface area contributed by atoms with Crippen LogP contribution >= 0.6 is 11.6 Å². The molecule has 2 nitrogen and oxygen atoms in total. The maximum atomic E-state index is 12.0. The van der Waals surface area contributed by atoms with Crippen LogP contribution in [0.1, 0.15) is 56.9 Å². The van der Waals surface area contributed by atoms with E-state index in [2.05, 4.69) is 12.2 Å². The molecule has 1 aromatic rings. The van der Waals surface area contributed by atoms with Gasteiger partial charge in [0, 0.05) is 6.04 Å². The molecule has 2 unspecified atom stereocenters. The van der Waals surface area contributed by atoms with Gasteiger partial charge in [0.15, 0.2) is 0 Å². The predicted molar refractivity (Wildman–Crippen MR) is 81.4 cm³/mol. The van der Waals surface area contributed by atoms with Crippen LogP contribution < -0.4 is 5.32 Å². The maximum absolute atomic E-state index is 12.0. The van der Waals surface area contributed by atoms with Crippen molar-refractivity contribution in [2.24, 2.45) is 0 Å². The first-order valence-electron chi connectivity index (χ1n) is 7.14. The Labute approximate surface area is 121 Å². The smallest absolute Gasteiger partial charge is 0.242 e. The minimum Gasteiger partial charge on any atom is -0.352 e. The standard InChI is InChI=1S/C16H24ClNO/c1-3-4-5-7-10-13(2)18-16(19)15(17)14-11-8-6-9-12-14/h6,8-9,11-13,15H,3-5,7,10H2,1-2H3,(H,18,19). The molecule has 1 N–H and O–H groups in total. The summed E-state index contributed by atoms with van der Waals surface area (Å²) in [6, 6.07) is 9.65. The van der Waals surface area contributed by atoms with Crippen molar-refractivity contribution in [3.8, 4) is 0 Å². The Balaban J connectivity index is 2.33. The predicted octanol–water partition coefficient (Wildman–Crippen LogP) is 4.44. The molecular weight excluding hydrogens is 258 g/mol. The van der Waals surface area contributed by atoms with Crippen LogP contribution in [0, 0.1) is 0 Å². The lowest BCUT2D eigenvalue weighted by Crippen LogP contribution is -2.34. The van der Waals surface area contributed by atoms with Crippen LogP contribution in [-0.2, 0) is 4.79 Å². The van der Waals surface area contributed by atoms with E-state index in [0.717, 1.165) is 18.4 Å². The Morgan fingerprint density at radius 3 is 2.53 bits per heavy atom. The average Bonchev–Trinajstić information content (AvgIpc) is 2.43. The summed E-state index contributed by atoms with van der Waals surface area (Å²) in [6.07, 6.45) is 5.92. The Morgan fingerprint density at radius 1 is 1.21 bits per heavy atom. The van der Waals surface area contributed by atoms with Crippen LogP contribution in [0.5, 0.6) is 0 Å². The quantitative estimate of drug-likeness (QED) is 0.554. The molecule has 0 aliphatic rings. The minimum atomic E-state index is -0.598. The zero-order chi connectivity index (χ0) is 14.1. The van der Waals surface area contributed by atoms with E-state index in [1.54, 1.807) is 0 Å². The summed E-state index contributed by atoms with van der Waals surface area (Å²) in [7, 11) is 0. The van der Waals surface area contributed by atoms with Crippen molar-refractivity contribution in [3.63, 3.8) is 0 Å². The maximum Gasteiger partial charge on any atom is 0.242 e. The second-order valence-electron chi connectivity index (χ2n) is 5.03. The van der Waals surface area contributed by atoms with Gasteiger partial charge in [0.1, 0.15) is 5.38 Å². The molecule has 1 amide bonds. The van der Waals surface area contributed by atoms with Crippen molar-refractivity contribution in [1.82, 2.24) is 5.32 Å². The molecule has 0 bridgehead atoms. The third-order valence-corrected chi connectivity index (χ3v) is 3.65. The number of amides is 1. The summed E-state index contributed by atoms with van der Waals surface area (Å²) in [5.41, 5.74) is 0.847. The number of halogens is 1. The van der Waals surface area contributed by atoms with Gasteiger partial charge in [-0.05, 0) is 18.9 Å². The molecule has 0 saturated carbocycles. The van der Waals surface area contributed by atoms with E-state index in [1.165, 1.54) is 19.3 Å². The molecule has 0 aromatic heterocycles. The molecule has 2 atom stereocenters. The Morgan fingerprint density at radius 2 is 1.89 bits per heavy atom. The van der Waals surface area contributed by atoms with Gasteiger partial charge in [-0.15, -0.1) is 11.6 Å². The van der Waals surface area contributed by atoms with Crippen LogP contribution in [0.2, 0.25) is 0 Å². The molecule has 1 rings (SSSR count). The van der Waals surface area contributed by atoms with Gasteiger partial charge in [0.2, 0.25) is 5.91 Å². The topological polar surface area (TPSA) is 29.1 Å². The zero-order valence-corrected chi connectivity index (χ0v) is 12.6.